The van der Waals surface area contributed by atoms with Gasteiger partial charge in [0, 0.05) is 10.7 Å². The van der Waals surface area contributed by atoms with Crippen molar-refractivity contribution in [3.05, 3.63) is 64.2 Å². The van der Waals surface area contributed by atoms with E-state index in [1.54, 1.807) is 50.2 Å². The van der Waals surface area contributed by atoms with E-state index in [4.69, 9.17) is 16.3 Å². The molecule has 2 aromatic carbocycles. The summed E-state index contributed by atoms with van der Waals surface area (Å²) in [4.78, 5) is 38.5. The number of anilines is 1. The highest BCUT2D eigenvalue weighted by molar-refractivity contribution is 6.31. The Labute approximate surface area is 168 Å². The van der Waals surface area contributed by atoms with Gasteiger partial charge >= 0.3 is 0 Å². The molecule has 3 amide bonds. The van der Waals surface area contributed by atoms with E-state index in [0.29, 0.717) is 21.8 Å². The SMILES string of the molecule is Cc1ccc(NC(=O)COCC(C)(C)N2C(=O)c3ccccc3C2=O)cc1Cl. The molecule has 0 atom stereocenters. The number of carbonyl (C=O) groups is 3. The summed E-state index contributed by atoms with van der Waals surface area (Å²) in [7, 11) is 0. The molecular weight excluding hydrogens is 380 g/mol. The van der Waals surface area contributed by atoms with Crippen LogP contribution in [0.25, 0.3) is 0 Å². The fraction of sp³-hybridized carbons (Fsp3) is 0.286. The van der Waals surface area contributed by atoms with E-state index >= 15 is 0 Å². The molecule has 0 spiro atoms. The van der Waals surface area contributed by atoms with Gasteiger partial charge < -0.3 is 10.1 Å². The first-order valence-electron chi connectivity index (χ1n) is 8.82. The maximum absolute atomic E-state index is 12.6. The Kier molecular flexibility index (Phi) is 5.54. The number of hydrogen-bond acceptors (Lipinski definition) is 4. The normalized spacial score (nSPS) is 13.6. The van der Waals surface area contributed by atoms with Gasteiger partial charge in [0.05, 0.1) is 23.3 Å². The molecule has 0 unspecified atom stereocenters. The minimum Gasteiger partial charge on any atom is -0.369 e. The van der Waals surface area contributed by atoms with Crippen LogP contribution in [0.3, 0.4) is 0 Å². The van der Waals surface area contributed by atoms with Crippen molar-refractivity contribution in [1.82, 2.24) is 4.90 Å². The molecule has 1 N–H and O–H groups in total. The van der Waals surface area contributed by atoms with E-state index in [0.717, 1.165) is 5.56 Å². The number of amides is 3. The minimum absolute atomic E-state index is 0.0283. The summed E-state index contributed by atoms with van der Waals surface area (Å²) in [5.74, 6) is -1.06. The number of imide groups is 1. The first-order chi connectivity index (χ1) is 13.2. The Balaban J connectivity index is 1.58. The Hall–Kier alpha value is -2.70. The Morgan fingerprint density at radius 3 is 2.29 bits per heavy atom. The quantitative estimate of drug-likeness (QED) is 0.750. The maximum atomic E-state index is 12.6. The van der Waals surface area contributed by atoms with Crippen LogP contribution in [0.5, 0.6) is 0 Å². The van der Waals surface area contributed by atoms with Crippen LogP contribution in [-0.4, -0.2) is 41.4 Å². The zero-order chi connectivity index (χ0) is 20.5. The Bertz CT molecular complexity index is 920. The van der Waals surface area contributed by atoms with Crippen molar-refractivity contribution in [2.75, 3.05) is 18.5 Å². The number of rotatable bonds is 6. The van der Waals surface area contributed by atoms with Gasteiger partial charge in [-0.3, -0.25) is 19.3 Å². The molecule has 28 heavy (non-hydrogen) atoms. The maximum Gasteiger partial charge on any atom is 0.262 e. The molecule has 1 aliphatic heterocycles. The molecule has 0 aromatic heterocycles. The molecule has 3 rings (SSSR count). The fourth-order valence-corrected chi connectivity index (χ4v) is 3.25. The highest BCUT2D eigenvalue weighted by Crippen LogP contribution is 2.29. The lowest BCUT2D eigenvalue weighted by molar-refractivity contribution is -0.121. The predicted molar refractivity (Wildman–Crippen MR) is 107 cm³/mol. The number of hydrogen-bond donors (Lipinski definition) is 1. The van der Waals surface area contributed by atoms with Gasteiger partial charge in [-0.15, -0.1) is 0 Å². The van der Waals surface area contributed by atoms with Crippen molar-refractivity contribution in [3.63, 3.8) is 0 Å². The lowest BCUT2D eigenvalue weighted by Gasteiger charge is -2.33. The second-order valence-corrected chi connectivity index (χ2v) is 7.72. The van der Waals surface area contributed by atoms with Crippen molar-refractivity contribution in [1.29, 1.82) is 0 Å². The van der Waals surface area contributed by atoms with Crippen molar-refractivity contribution in [3.8, 4) is 0 Å². The van der Waals surface area contributed by atoms with Gasteiger partial charge in [0.25, 0.3) is 11.8 Å². The molecule has 0 fully saturated rings. The monoisotopic (exact) mass is 400 g/mol. The third-order valence-corrected chi connectivity index (χ3v) is 4.95. The van der Waals surface area contributed by atoms with Gasteiger partial charge in [-0.05, 0) is 50.6 Å². The molecular formula is C21H21ClN2O4. The summed E-state index contributed by atoms with van der Waals surface area (Å²) >= 11 is 6.05. The van der Waals surface area contributed by atoms with E-state index < -0.39 is 5.54 Å². The number of aryl methyl sites for hydroxylation is 1. The molecule has 0 radical (unpaired) electrons. The summed E-state index contributed by atoms with van der Waals surface area (Å²) in [6, 6.07) is 11.9. The number of nitrogens with zero attached hydrogens (tertiary/aromatic N) is 1. The third kappa shape index (κ3) is 3.93. The molecule has 0 saturated heterocycles. The number of ether oxygens (including phenoxy) is 1. The number of carbonyl (C=O) groups excluding carboxylic acids is 3. The van der Waals surface area contributed by atoms with Crippen LogP contribution in [-0.2, 0) is 9.53 Å². The molecule has 0 bridgehead atoms. The highest BCUT2D eigenvalue weighted by Gasteiger charge is 2.44. The topological polar surface area (TPSA) is 75.7 Å². The largest absolute Gasteiger partial charge is 0.369 e. The summed E-state index contributed by atoms with van der Waals surface area (Å²) in [6.45, 7) is 5.15. The average molecular weight is 401 g/mol. The van der Waals surface area contributed by atoms with Crippen LogP contribution in [0, 0.1) is 6.92 Å². The second-order valence-electron chi connectivity index (χ2n) is 7.31. The molecule has 7 heteroatoms. The van der Waals surface area contributed by atoms with Crippen molar-refractivity contribution in [2.24, 2.45) is 0 Å². The van der Waals surface area contributed by atoms with E-state index in [2.05, 4.69) is 5.32 Å². The average Bonchev–Trinajstić information content (AvgIpc) is 2.90. The highest BCUT2D eigenvalue weighted by atomic mass is 35.5. The zero-order valence-electron chi connectivity index (χ0n) is 15.9. The predicted octanol–water partition coefficient (Wildman–Crippen LogP) is 3.68. The van der Waals surface area contributed by atoms with E-state index in [1.807, 2.05) is 13.0 Å². The van der Waals surface area contributed by atoms with Crippen molar-refractivity contribution >= 4 is 35.0 Å². The van der Waals surface area contributed by atoms with Crippen LogP contribution in [0.4, 0.5) is 5.69 Å². The third-order valence-electron chi connectivity index (χ3n) is 4.54. The lowest BCUT2D eigenvalue weighted by atomic mass is 10.0. The van der Waals surface area contributed by atoms with Gasteiger partial charge in [-0.1, -0.05) is 29.8 Å². The van der Waals surface area contributed by atoms with Gasteiger partial charge in [0.1, 0.15) is 6.61 Å². The van der Waals surface area contributed by atoms with Crippen LogP contribution in [0.1, 0.15) is 40.1 Å². The first kappa shape index (κ1) is 20.0. The minimum atomic E-state index is -0.902. The fourth-order valence-electron chi connectivity index (χ4n) is 3.06. The molecule has 0 aliphatic carbocycles. The lowest BCUT2D eigenvalue weighted by Crippen LogP contribution is -2.50. The van der Waals surface area contributed by atoms with Crippen LogP contribution >= 0.6 is 11.6 Å². The standard InChI is InChI=1S/C21H21ClN2O4/c1-13-8-9-14(10-17(13)22)23-18(25)11-28-12-21(2,3)24-19(26)15-6-4-5-7-16(15)20(24)27/h4-10H,11-12H2,1-3H3,(H,23,25). The van der Waals surface area contributed by atoms with E-state index in [1.165, 1.54) is 4.90 Å². The first-order valence-corrected chi connectivity index (χ1v) is 9.20. The molecule has 2 aromatic rings. The number of halogens is 1. The van der Waals surface area contributed by atoms with E-state index in [-0.39, 0.29) is 30.9 Å². The van der Waals surface area contributed by atoms with Crippen LogP contribution in [0.2, 0.25) is 5.02 Å². The van der Waals surface area contributed by atoms with Gasteiger partial charge in [-0.25, -0.2) is 0 Å². The number of nitrogens with one attached hydrogen (secondary N) is 1. The Morgan fingerprint density at radius 1 is 1.11 bits per heavy atom. The summed E-state index contributed by atoms with van der Waals surface area (Å²) in [5, 5.41) is 3.26. The van der Waals surface area contributed by atoms with E-state index in [9.17, 15) is 14.4 Å². The van der Waals surface area contributed by atoms with Gasteiger partial charge in [0.2, 0.25) is 5.91 Å². The number of fused-ring (bicyclic) bond motifs is 1. The summed E-state index contributed by atoms with van der Waals surface area (Å²) < 4.78 is 5.50. The van der Waals surface area contributed by atoms with Gasteiger partial charge in [-0.2, -0.15) is 0 Å². The second kappa shape index (κ2) is 7.73. The molecule has 1 heterocycles. The number of benzene rings is 2. The smallest absolute Gasteiger partial charge is 0.262 e. The Morgan fingerprint density at radius 2 is 1.71 bits per heavy atom. The summed E-state index contributed by atoms with van der Waals surface area (Å²) in [5.41, 5.74) is 1.35. The summed E-state index contributed by atoms with van der Waals surface area (Å²) in [6.07, 6.45) is 0. The molecule has 0 saturated carbocycles. The van der Waals surface area contributed by atoms with Crippen LogP contribution < -0.4 is 5.32 Å². The molecule has 146 valence electrons. The molecule has 1 aliphatic rings. The van der Waals surface area contributed by atoms with Crippen molar-refractivity contribution < 1.29 is 19.1 Å². The van der Waals surface area contributed by atoms with Crippen molar-refractivity contribution in [2.45, 2.75) is 26.3 Å². The molecule has 6 nitrogen and oxygen atoms in total. The zero-order valence-corrected chi connectivity index (χ0v) is 16.7. The van der Waals surface area contributed by atoms with Gasteiger partial charge in [0.15, 0.2) is 0 Å². The van der Waals surface area contributed by atoms with Crippen LogP contribution in [0.15, 0.2) is 42.5 Å².